The van der Waals surface area contributed by atoms with Gasteiger partial charge in [0.05, 0.1) is 29.6 Å². The molecule has 1 aromatic rings. The molecule has 50 heavy (non-hydrogen) atoms. The van der Waals surface area contributed by atoms with Gasteiger partial charge >= 0.3 is 17.9 Å². The van der Waals surface area contributed by atoms with Gasteiger partial charge in [-0.1, -0.05) is 52.8 Å². The third-order valence-electron chi connectivity index (χ3n) is 12.6. The molecule has 3 aliphatic carbocycles. The molecule has 276 valence electrons. The molecule has 10 atom stereocenters. The SMILES string of the molecule is CC[Si](CC)(CC)O[C@@H]1C[C@H]2OC[C@@]2(OC(C)=O)[C@H]2[C@H](OC(=O)c3ccccc3)[C@]3(O)[C@@H](O)[C@H](O)C(C)=C([C@@H](OC(C)=O)C(=O)[C@@]21C)C3(C)C. The van der Waals surface area contributed by atoms with Gasteiger partial charge in [0, 0.05) is 25.7 Å². The molecule has 5 rings (SSSR count). The molecule has 2 saturated carbocycles. The van der Waals surface area contributed by atoms with Gasteiger partial charge in [-0.05, 0) is 55.3 Å². The van der Waals surface area contributed by atoms with Gasteiger partial charge in [0.15, 0.2) is 25.8 Å². The molecule has 0 unspecified atom stereocenters. The Hall–Kier alpha value is -2.94. The lowest BCUT2D eigenvalue weighted by Crippen LogP contribution is -2.84. The van der Waals surface area contributed by atoms with Crippen LogP contribution in [-0.4, -0.2) is 102 Å². The molecule has 12 nitrogen and oxygen atoms in total. The van der Waals surface area contributed by atoms with Gasteiger partial charge in [-0.3, -0.25) is 14.4 Å². The molecule has 2 bridgehead atoms. The van der Waals surface area contributed by atoms with E-state index in [0.717, 1.165) is 25.1 Å². The van der Waals surface area contributed by atoms with Crippen LogP contribution in [0, 0.1) is 16.7 Å². The van der Waals surface area contributed by atoms with E-state index in [9.17, 15) is 29.7 Å². The molecule has 3 N–H and O–H groups in total. The van der Waals surface area contributed by atoms with Crippen molar-refractivity contribution in [2.75, 3.05) is 6.61 Å². The molecular formula is C37H52O12Si. The summed E-state index contributed by atoms with van der Waals surface area (Å²) < 4.78 is 31.6. The Balaban J connectivity index is 1.91. The molecule has 13 heteroatoms. The fraction of sp³-hybridized carbons (Fsp3) is 0.676. The summed E-state index contributed by atoms with van der Waals surface area (Å²) in [6.07, 6.45) is -8.86. The maximum absolute atomic E-state index is 15.7. The summed E-state index contributed by atoms with van der Waals surface area (Å²) in [5.41, 5.74) is -7.34. The Bertz CT molecular complexity index is 1550. The highest BCUT2D eigenvalue weighted by Crippen LogP contribution is 2.65. The molecule has 1 heterocycles. The van der Waals surface area contributed by atoms with Crippen molar-refractivity contribution < 1.29 is 57.9 Å². The molecule has 0 spiro atoms. The maximum atomic E-state index is 15.7. The third-order valence-corrected chi connectivity index (χ3v) is 17.2. The average Bonchev–Trinajstić information content (AvgIpc) is 3.07. The van der Waals surface area contributed by atoms with Crippen LogP contribution in [0.25, 0.3) is 0 Å². The highest BCUT2D eigenvalue weighted by Gasteiger charge is 2.80. The van der Waals surface area contributed by atoms with Crippen LogP contribution in [0.5, 0.6) is 0 Å². The number of carbonyl (C=O) groups is 4. The van der Waals surface area contributed by atoms with Gasteiger partial charge in [0.2, 0.25) is 0 Å². The zero-order valence-electron chi connectivity index (χ0n) is 30.5. The minimum atomic E-state index is -2.55. The van der Waals surface area contributed by atoms with Crippen LogP contribution in [0.1, 0.15) is 79.1 Å². The summed E-state index contributed by atoms with van der Waals surface area (Å²) in [6, 6.07) is 10.2. The van der Waals surface area contributed by atoms with E-state index < -0.39 is 96.6 Å². The van der Waals surface area contributed by atoms with Crippen molar-refractivity contribution in [3.05, 3.63) is 47.0 Å². The topological polar surface area (TPSA) is 175 Å². The number of hydrogen-bond acceptors (Lipinski definition) is 12. The van der Waals surface area contributed by atoms with E-state index in [1.807, 2.05) is 20.8 Å². The molecule has 0 radical (unpaired) electrons. The normalized spacial score (nSPS) is 37.7. The van der Waals surface area contributed by atoms with Crippen LogP contribution in [0.3, 0.4) is 0 Å². The van der Waals surface area contributed by atoms with Gasteiger partial charge in [-0.2, -0.15) is 0 Å². The number of hydrogen-bond donors (Lipinski definition) is 3. The second-order valence-corrected chi connectivity index (χ2v) is 19.9. The van der Waals surface area contributed by atoms with Crippen LogP contribution >= 0.6 is 0 Å². The number of esters is 3. The summed E-state index contributed by atoms with van der Waals surface area (Å²) in [7, 11) is -2.54. The molecule has 0 amide bonds. The van der Waals surface area contributed by atoms with Gasteiger partial charge in [0.25, 0.3) is 0 Å². The van der Waals surface area contributed by atoms with Crippen molar-refractivity contribution in [1.82, 2.24) is 0 Å². The number of aliphatic hydroxyl groups is 3. The third kappa shape index (κ3) is 5.42. The predicted octanol–water partition coefficient (Wildman–Crippen LogP) is 3.65. The van der Waals surface area contributed by atoms with Crippen molar-refractivity contribution in [1.29, 1.82) is 0 Å². The highest BCUT2D eigenvalue weighted by molar-refractivity contribution is 6.73. The Morgan fingerprint density at radius 2 is 1.56 bits per heavy atom. The molecular weight excluding hydrogens is 664 g/mol. The van der Waals surface area contributed by atoms with Gasteiger partial charge in [0.1, 0.15) is 30.0 Å². The van der Waals surface area contributed by atoms with E-state index in [0.29, 0.717) is 0 Å². The Kier molecular flexibility index (Phi) is 10.1. The quantitative estimate of drug-likeness (QED) is 0.147. The highest BCUT2D eigenvalue weighted by atomic mass is 28.4. The van der Waals surface area contributed by atoms with Crippen molar-refractivity contribution in [3.8, 4) is 0 Å². The number of aliphatic hydroxyl groups excluding tert-OH is 2. The van der Waals surface area contributed by atoms with E-state index >= 15 is 4.79 Å². The molecule has 1 aromatic carbocycles. The Morgan fingerprint density at radius 1 is 0.960 bits per heavy atom. The van der Waals surface area contributed by atoms with Crippen molar-refractivity contribution >= 4 is 32.0 Å². The lowest BCUT2D eigenvalue weighted by molar-refractivity contribution is -0.351. The van der Waals surface area contributed by atoms with Crippen LogP contribution in [0.15, 0.2) is 41.5 Å². The second-order valence-electron chi connectivity index (χ2n) is 15.2. The number of ketones is 1. The largest absolute Gasteiger partial charge is 0.455 e. The minimum absolute atomic E-state index is 0.0793. The monoisotopic (exact) mass is 716 g/mol. The Morgan fingerprint density at radius 3 is 2.06 bits per heavy atom. The van der Waals surface area contributed by atoms with Gasteiger partial charge in [-0.25, -0.2) is 4.79 Å². The summed E-state index contributed by atoms with van der Waals surface area (Å²) in [5.74, 6) is -4.41. The molecule has 3 fully saturated rings. The van der Waals surface area contributed by atoms with Gasteiger partial charge in [-0.15, -0.1) is 0 Å². The summed E-state index contributed by atoms with van der Waals surface area (Å²) in [4.78, 5) is 55.6. The molecule has 1 aliphatic heterocycles. The first-order chi connectivity index (χ1) is 23.3. The first-order valence-electron chi connectivity index (χ1n) is 17.6. The summed E-state index contributed by atoms with van der Waals surface area (Å²) in [6.45, 7) is 14.5. The number of carbonyl (C=O) groups excluding carboxylic acids is 4. The maximum Gasteiger partial charge on any atom is 0.338 e. The number of rotatable bonds is 9. The fourth-order valence-corrected chi connectivity index (χ4v) is 12.4. The first kappa shape index (κ1) is 38.3. The second kappa shape index (κ2) is 13.2. The molecule has 0 aromatic heterocycles. The smallest absolute Gasteiger partial charge is 0.338 e. The zero-order valence-corrected chi connectivity index (χ0v) is 31.5. The van der Waals surface area contributed by atoms with Crippen LogP contribution < -0.4 is 0 Å². The van der Waals surface area contributed by atoms with Crippen LogP contribution in [0.4, 0.5) is 0 Å². The van der Waals surface area contributed by atoms with E-state index in [1.165, 1.54) is 26.0 Å². The number of Topliss-reactive ketones (excluding diaryl/α,β-unsaturated/α-hetero) is 1. The lowest BCUT2D eigenvalue weighted by atomic mass is 9.44. The number of ether oxygens (including phenoxy) is 4. The Labute approximate surface area is 294 Å². The fourth-order valence-electron chi connectivity index (χ4n) is 9.49. The molecule has 1 saturated heterocycles. The minimum Gasteiger partial charge on any atom is -0.455 e. The van der Waals surface area contributed by atoms with Crippen molar-refractivity contribution in [2.45, 2.75) is 135 Å². The van der Waals surface area contributed by atoms with E-state index in [4.69, 9.17) is 23.4 Å². The van der Waals surface area contributed by atoms with Crippen LogP contribution in [0.2, 0.25) is 18.1 Å². The predicted molar refractivity (Wildman–Crippen MR) is 182 cm³/mol. The van der Waals surface area contributed by atoms with E-state index in [2.05, 4.69) is 0 Å². The van der Waals surface area contributed by atoms with Crippen molar-refractivity contribution in [3.63, 3.8) is 0 Å². The van der Waals surface area contributed by atoms with E-state index in [1.54, 1.807) is 39.0 Å². The van der Waals surface area contributed by atoms with E-state index in [-0.39, 0.29) is 29.7 Å². The number of benzene rings is 1. The van der Waals surface area contributed by atoms with Crippen LogP contribution in [-0.2, 0) is 37.8 Å². The first-order valence-corrected chi connectivity index (χ1v) is 20.1. The number of fused-ring (bicyclic) bond motifs is 5. The summed E-state index contributed by atoms with van der Waals surface area (Å²) >= 11 is 0. The average molecular weight is 717 g/mol. The zero-order chi connectivity index (χ0) is 37.2. The van der Waals surface area contributed by atoms with Gasteiger partial charge < -0.3 is 38.7 Å². The molecule has 4 aliphatic rings. The standard InChI is InChI=1S/C37H52O12Si/c1-10-50(11-2,12-3)49-24-18-25-36(19-45-25,48-22(6)39)29-32(47-33(43)23-16-14-13-15-17-23)37(44)30(41)27(40)20(4)26(34(37,7)8)28(46-21(5)38)31(42)35(24,29)9/h13-17,24-25,27-30,32,40-41,44H,10-12,18-19H2,1-9H3/t24-,25-,27-,28-,29+,30+,32+,35-,36+,37-/m1/s1. The lowest BCUT2D eigenvalue weighted by Gasteiger charge is -2.68. The summed E-state index contributed by atoms with van der Waals surface area (Å²) in [5, 5.41) is 36.9. The van der Waals surface area contributed by atoms with Crippen molar-refractivity contribution in [2.24, 2.45) is 16.7 Å².